The smallest absolute Gasteiger partial charge is 0.160 e. The summed E-state index contributed by atoms with van der Waals surface area (Å²) in [6, 6.07) is 11.4. The maximum Gasteiger partial charge on any atom is 0.160 e. The molecule has 1 aromatic carbocycles. The monoisotopic (exact) mass is 246 g/mol. The van der Waals surface area contributed by atoms with Crippen LogP contribution in [0.4, 0.5) is 5.69 Å². The van der Waals surface area contributed by atoms with Gasteiger partial charge in [0.25, 0.3) is 0 Å². The summed E-state index contributed by atoms with van der Waals surface area (Å²) in [7, 11) is 5.13. The van der Waals surface area contributed by atoms with Crippen molar-refractivity contribution in [1.29, 1.82) is 0 Å². The van der Waals surface area contributed by atoms with Gasteiger partial charge in [-0.05, 0) is 24.3 Å². The molecule has 1 aromatic heterocycles. The lowest BCUT2D eigenvalue weighted by atomic mass is 10.3. The normalized spacial score (nSPS) is 8.83. The van der Waals surface area contributed by atoms with Gasteiger partial charge in [-0.3, -0.25) is 4.98 Å². The van der Waals surface area contributed by atoms with Gasteiger partial charge in [-0.15, -0.1) is 0 Å². The second kappa shape index (κ2) is 7.95. The Labute approximate surface area is 108 Å². The van der Waals surface area contributed by atoms with E-state index in [1.165, 1.54) is 0 Å². The number of aromatic nitrogens is 1. The molecule has 0 aliphatic heterocycles. The lowest BCUT2D eigenvalue weighted by Gasteiger charge is -2.04. The van der Waals surface area contributed by atoms with Gasteiger partial charge in [0, 0.05) is 25.1 Å². The molecule has 2 rings (SSSR count). The minimum Gasteiger partial charge on any atom is -0.493 e. The van der Waals surface area contributed by atoms with Gasteiger partial charge in [0.05, 0.1) is 14.2 Å². The van der Waals surface area contributed by atoms with Crippen LogP contribution in [0.2, 0.25) is 0 Å². The van der Waals surface area contributed by atoms with Gasteiger partial charge in [0.15, 0.2) is 11.5 Å². The SMILES string of the molecule is CNc1ccncc1.COc1ccccc1OC. The highest BCUT2D eigenvalue weighted by molar-refractivity contribution is 5.39. The molecule has 4 heteroatoms. The van der Waals surface area contributed by atoms with Crippen LogP contribution in [0.15, 0.2) is 48.8 Å². The first-order chi connectivity index (χ1) is 8.81. The highest BCUT2D eigenvalue weighted by Gasteiger charge is 1.97. The molecule has 96 valence electrons. The zero-order valence-electron chi connectivity index (χ0n) is 10.9. The number of pyridine rings is 1. The third-order valence-electron chi connectivity index (χ3n) is 2.26. The molecule has 0 aliphatic rings. The Morgan fingerprint density at radius 1 is 0.889 bits per heavy atom. The number of rotatable bonds is 3. The summed E-state index contributed by atoms with van der Waals surface area (Å²) in [5, 5.41) is 2.99. The van der Waals surface area contributed by atoms with E-state index in [4.69, 9.17) is 9.47 Å². The van der Waals surface area contributed by atoms with Crippen molar-refractivity contribution in [2.24, 2.45) is 0 Å². The molecule has 0 spiro atoms. The summed E-state index contributed by atoms with van der Waals surface area (Å²) in [5.74, 6) is 1.54. The Balaban J connectivity index is 0.000000184. The van der Waals surface area contributed by atoms with Crippen LogP contribution >= 0.6 is 0 Å². The summed E-state index contributed by atoms with van der Waals surface area (Å²) >= 11 is 0. The van der Waals surface area contributed by atoms with Crippen molar-refractivity contribution in [3.63, 3.8) is 0 Å². The third-order valence-corrected chi connectivity index (χ3v) is 2.26. The highest BCUT2D eigenvalue weighted by Crippen LogP contribution is 2.24. The first-order valence-electron chi connectivity index (χ1n) is 5.56. The molecule has 0 radical (unpaired) electrons. The molecule has 0 bridgehead atoms. The number of hydrogen-bond acceptors (Lipinski definition) is 4. The molecule has 0 aliphatic carbocycles. The van der Waals surface area contributed by atoms with E-state index in [1.807, 2.05) is 43.4 Å². The van der Waals surface area contributed by atoms with Crippen LogP contribution in [-0.2, 0) is 0 Å². The molecule has 18 heavy (non-hydrogen) atoms. The maximum absolute atomic E-state index is 5.01. The Morgan fingerprint density at radius 3 is 1.72 bits per heavy atom. The zero-order valence-corrected chi connectivity index (χ0v) is 10.9. The first kappa shape index (κ1) is 13.8. The second-order valence-electron chi connectivity index (χ2n) is 3.34. The third kappa shape index (κ3) is 4.33. The molecule has 1 N–H and O–H groups in total. The average Bonchev–Trinajstić information content (AvgIpc) is 2.48. The number of para-hydroxylation sites is 2. The van der Waals surface area contributed by atoms with Gasteiger partial charge < -0.3 is 14.8 Å². The first-order valence-corrected chi connectivity index (χ1v) is 5.56. The van der Waals surface area contributed by atoms with Crippen LogP contribution in [0.1, 0.15) is 0 Å². The van der Waals surface area contributed by atoms with Crippen LogP contribution in [0, 0.1) is 0 Å². The summed E-state index contributed by atoms with van der Waals surface area (Å²) in [4.78, 5) is 3.85. The summed E-state index contributed by atoms with van der Waals surface area (Å²) in [6.07, 6.45) is 3.51. The van der Waals surface area contributed by atoms with Crippen molar-refractivity contribution in [2.75, 3.05) is 26.6 Å². The van der Waals surface area contributed by atoms with Crippen molar-refractivity contribution >= 4 is 5.69 Å². The number of nitrogens with zero attached hydrogens (tertiary/aromatic N) is 1. The predicted molar refractivity (Wildman–Crippen MR) is 73.3 cm³/mol. The molecule has 0 saturated carbocycles. The van der Waals surface area contributed by atoms with Gasteiger partial charge >= 0.3 is 0 Å². The molecule has 0 saturated heterocycles. The van der Waals surface area contributed by atoms with E-state index < -0.39 is 0 Å². The van der Waals surface area contributed by atoms with Crippen molar-refractivity contribution in [1.82, 2.24) is 4.98 Å². The van der Waals surface area contributed by atoms with E-state index in [0.717, 1.165) is 17.2 Å². The molecule has 2 aromatic rings. The minimum atomic E-state index is 0.769. The Morgan fingerprint density at radius 2 is 1.39 bits per heavy atom. The van der Waals surface area contributed by atoms with Crippen LogP contribution in [0.3, 0.4) is 0 Å². The van der Waals surface area contributed by atoms with Crippen molar-refractivity contribution in [3.8, 4) is 11.5 Å². The van der Waals surface area contributed by atoms with E-state index in [2.05, 4.69) is 10.3 Å². The molecular weight excluding hydrogens is 228 g/mol. The summed E-state index contributed by atoms with van der Waals surface area (Å²) < 4.78 is 10.0. The molecule has 1 heterocycles. The van der Waals surface area contributed by atoms with E-state index in [-0.39, 0.29) is 0 Å². The van der Waals surface area contributed by atoms with E-state index in [0.29, 0.717) is 0 Å². The molecule has 0 atom stereocenters. The average molecular weight is 246 g/mol. The van der Waals surface area contributed by atoms with Crippen LogP contribution in [0.5, 0.6) is 11.5 Å². The topological polar surface area (TPSA) is 43.4 Å². The molecule has 4 nitrogen and oxygen atoms in total. The molecule has 0 fully saturated rings. The van der Waals surface area contributed by atoms with Gasteiger partial charge in [-0.2, -0.15) is 0 Å². The lowest BCUT2D eigenvalue weighted by molar-refractivity contribution is 0.355. The Kier molecular flexibility index (Phi) is 6.11. The van der Waals surface area contributed by atoms with E-state index in [9.17, 15) is 0 Å². The number of methoxy groups -OCH3 is 2. The Hall–Kier alpha value is -2.23. The Bertz CT molecular complexity index is 424. The van der Waals surface area contributed by atoms with Gasteiger partial charge in [-0.1, -0.05) is 12.1 Å². The molecular formula is C14H18N2O2. The molecule has 0 amide bonds. The lowest BCUT2D eigenvalue weighted by Crippen LogP contribution is -1.88. The van der Waals surface area contributed by atoms with Crippen molar-refractivity contribution in [3.05, 3.63) is 48.8 Å². The fourth-order valence-corrected chi connectivity index (χ4v) is 1.31. The number of hydrogen-bond donors (Lipinski definition) is 1. The van der Waals surface area contributed by atoms with Crippen LogP contribution in [-0.4, -0.2) is 26.3 Å². The van der Waals surface area contributed by atoms with E-state index >= 15 is 0 Å². The summed E-state index contributed by atoms with van der Waals surface area (Å²) in [5.41, 5.74) is 1.10. The highest BCUT2D eigenvalue weighted by atomic mass is 16.5. The second-order valence-corrected chi connectivity index (χ2v) is 3.34. The van der Waals surface area contributed by atoms with Gasteiger partial charge in [-0.25, -0.2) is 0 Å². The van der Waals surface area contributed by atoms with Gasteiger partial charge in [0.2, 0.25) is 0 Å². The van der Waals surface area contributed by atoms with E-state index in [1.54, 1.807) is 26.6 Å². The summed E-state index contributed by atoms with van der Waals surface area (Å²) in [6.45, 7) is 0. The number of nitrogens with one attached hydrogen (secondary N) is 1. The van der Waals surface area contributed by atoms with Crippen molar-refractivity contribution in [2.45, 2.75) is 0 Å². The van der Waals surface area contributed by atoms with Crippen molar-refractivity contribution < 1.29 is 9.47 Å². The zero-order chi connectivity index (χ0) is 13.2. The van der Waals surface area contributed by atoms with Crippen LogP contribution < -0.4 is 14.8 Å². The molecule has 0 unspecified atom stereocenters. The number of ether oxygens (including phenoxy) is 2. The fourth-order valence-electron chi connectivity index (χ4n) is 1.31. The largest absolute Gasteiger partial charge is 0.493 e. The number of benzene rings is 1. The quantitative estimate of drug-likeness (QED) is 0.904. The minimum absolute atomic E-state index is 0.769. The standard InChI is InChI=1S/C8H10O2.C6H8N2/c1-9-7-5-3-4-6-8(7)10-2;1-7-6-2-4-8-5-3-6/h3-6H,1-2H3;2-5H,1H3,(H,7,8). The van der Waals surface area contributed by atoms with Crippen LogP contribution in [0.25, 0.3) is 0 Å². The van der Waals surface area contributed by atoms with Gasteiger partial charge in [0.1, 0.15) is 0 Å². The fraction of sp³-hybridized carbons (Fsp3) is 0.214. The maximum atomic E-state index is 5.01. The number of anilines is 1. The predicted octanol–water partition coefficient (Wildman–Crippen LogP) is 2.83.